The van der Waals surface area contributed by atoms with E-state index >= 15 is 0 Å². The molecule has 0 atom stereocenters. The van der Waals surface area contributed by atoms with E-state index < -0.39 is 10.0 Å². The number of hydrogen-bond acceptors (Lipinski definition) is 6. The molecule has 1 N–H and O–H groups in total. The first-order chi connectivity index (χ1) is 16.0. The number of amides is 1. The van der Waals surface area contributed by atoms with Crippen LogP contribution in [0.5, 0.6) is 17.2 Å². The summed E-state index contributed by atoms with van der Waals surface area (Å²) in [6.45, 7) is 2.91. The first-order valence-electron chi connectivity index (χ1n) is 11.4. The number of aryl methyl sites for hydroxylation is 1. The average molecular weight is 475 g/mol. The summed E-state index contributed by atoms with van der Waals surface area (Å²) in [6.07, 6.45) is 3.86. The minimum atomic E-state index is -3.44. The van der Waals surface area contributed by atoms with Crippen LogP contribution in [-0.4, -0.2) is 58.1 Å². The molecule has 0 unspecified atom stereocenters. The average Bonchev–Trinajstić information content (AvgIpc) is 2.86. The van der Waals surface area contributed by atoms with Crippen molar-refractivity contribution in [2.75, 3.05) is 39.5 Å². The van der Waals surface area contributed by atoms with Crippen molar-refractivity contribution in [3.8, 4) is 17.2 Å². The van der Waals surface area contributed by atoms with Gasteiger partial charge in [0.05, 0.1) is 11.4 Å². The Bertz CT molecular complexity index is 1050. The normalized spacial score (nSPS) is 16.2. The lowest BCUT2D eigenvalue weighted by molar-refractivity contribution is -0.121. The van der Waals surface area contributed by atoms with Gasteiger partial charge >= 0.3 is 0 Å². The zero-order valence-electron chi connectivity index (χ0n) is 18.6. The Morgan fingerprint density at radius 2 is 1.70 bits per heavy atom. The standard InChI is InChI=1S/C24H30N2O6S/c27-24(11-5-19-4-10-22-23(18-19)32-17-16-31-22)25-12-15-30-20-6-8-21(9-7-20)33(28,29)26-13-2-1-3-14-26/h4,6-10,18H,1-3,5,11-17H2,(H,25,27). The molecule has 178 valence electrons. The van der Waals surface area contributed by atoms with Gasteiger partial charge in [0.15, 0.2) is 11.5 Å². The maximum Gasteiger partial charge on any atom is 0.243 e. The third kappa shape index (κ3) is 6.17. The summed E-state index contributed by atoms with van der Waals surface area (Å²) in [5.41, 5.74) is 1.02. The first kappa shape index (κ1) is 23.4. The minimum Gasteiger partial charge on any atom is -0.492 e. The van der Waals surface area contributed by atoms with Crippen LogP contribution in [0.2, 0.25) is 0 Å². The number of sulfonamides is 1. The lowest BCUT2D eigenvalue weighted by atomic mass is 10.1. The maximum atomic E-state index is 12.7. The van der Waals surface area contributed by atoms with Gasteiger partial charge in [0.1, 0.15) is 25.6 Å². The zero-order valence-corrected chi connectivity index (χ0v) is 19.4. The molecule has 8 nitrogen and oxygen atoms in total. The number of carbonyl (C=O) groups excluding carboxylic acids is 1. The van der Waals surface area contributed by atoms with Gasteiger partial charge in [0.2, 0.25) is 15.9 Å². The van der Waals surface area contributed by atoms with E-state index in [9.17, 15) is 13.2 Å². The molecule has 1 fully saturated rings. The van der Waals surface area contributed by atoms with Gasteiger partial charge in [-0.2, -0.15) is 4.31 Å². The number of carbonyl (C=O) groups is 1. The predicted octanol–water partition coefficient (Wildman–Crippen LogP) is 2.76. The zero-order chi connectivity index (χ0) is 23.1. The van der Waals surface area contributed by atoms with Crippen molar-refractivity contribution in [2.24, 2.45) is 0 Å². The third-order valence-corrected chi connectivity index (χ3v) is 7.63. The highest BCUT2D eigenvalue weighted by molar-refractivity contribution is 7.89. The highest BCUT2D eigenvalue weighted by atomic mass is 32.2. The fourth-order valence-electron chi connectivity index (χ4n) is 3.91. The van der Waals surface area contributed by atoms with Gasteiger partial charge < -0.3 is 19.5 Å². The number of fused-ring (bicyclic) bond motifs is 1. The van der Waals surface area contributed by atoms with Crippen LogP contribution in [0.4, 0.5) is 0 Å². The van der Waals surface area contributed by atoms with Gasteiger partial charge in [-0.15, -0.1) is 0 Å². The Balaban J connectivity index is 1.17. The van der Waals surface area contributed by atoms with E-state index in [-0.39, 0.29) is 10.8 Å². The number of rotatable bonds is 9. The molecule has 4 rings (SSSR count). The van der Waals surface area contributed by atoms with Gasteiger partial charge in [-0.05, 0) is 61.2 Å². The number of nitrogens with zero attached hydrogens (tertiary/aromatic N) is 1. The van der Waals surface area contributed by atoms with Gasteiger partial charge in [-0.1, -0.05) is 12.5 Å². The number of nitrogens with one attached hydrogen (secondary N) is 1. The topological polar surface area (TPSA) is 94.2 Å². The summed E-state index contributed by atoms with van der Waals surface area (Å²) in [6, 6.07) is 12.2. The highest BCUT2D eigenvalue weighted by Crippen LogP contribution is 2.31. The molecule has 1 amide bonds. The Labute approximate surface area is 194 Å². The maximum absolute atomic E-state index is 12.7. The quantitative estimate of drug-likeness (QED) is 0.562. The van der Waals surface area contributed by atoms with E-state index in [1.165, 1.54) is 0 Å². The van der Waals surface area contributed by atoms with Gasteiger partial charge in [-0.25, -0.2) is 8.42 Å². The van der Waals surface area contributed by atoms with Crippen LogP contribution in [0.3, 0.4) is 0 Å². The van der Waals surface area contributed by atoms with E-state index in [1.54, 1.807) is 28.6 Å². The van der Waals surface area contributed by atoms with Crippen LogP contribution in [0.15, 0.2) is 47.4 Å². The van der Waals surface area contributed by atoms with Crippen molar-refractivity contribution >= 4 is 15.9 Å². The van der Waals surface area contributed by atoms with Crippen LogP contribution in [-0.2, 0) is 21.2 Å². The van der Waals surface area contributed by atoms with Crippen LogP contribution >= 0.6 is 0 Å². The Morgan fingerprint density at radius 3 is 2.45 bits per heavy atom. The summed E-state index contributed by atoms with van der Waals surface area (Å²) in [5.74, 6) is 1.97. The van der Waals surface area contributed by atoms with E-state index in [0.29, 0.717) is 58.0 Å². The molecule has 2 aliphatic rings. The summed E-state index contributed by atoms with van der Waals surface area (Å²) < 4.78 is 43.7. The Morgan fingerprint density at radius 1 is 0.970 bits per heavy atom. The van der Waals surface area contributed by atoms with Crippen molar-refractivity contribution in [3.05, 3.63) is 48.0 Å². The lowest BCUT2D eigenvalue weighted by Gasteiger charge is -2.25. The third-order valence-electron chi connectivity index (χ3n) is 5.72. The largest absolute Gasteiger partial charge is 0.492 e. The molecule has 33 heavy (non-hydrogen) atoms. The molecule has 1 saturated heterocycles. The number of piperidine rings is 1. The molecule has 0 radical (unpaired) electrons. The van der Waals surface area contributed by atoms with Crippen LogP contribution in [0.1, 0.15) is 31.2 Å². The van der Waals surface area contributed by atoms with Crippen molar-refractivity contribution in [1.82, 2.24) is 9.62 Å². The predicted molar refractivity (Wildman–Crippen MR) is 123 cm³/mol. The highest BCUT2D eigenvalue weighted by Gasteiger charge is 2.25. The molecular formula is C24H30N2O6S. The molecule has 2 aromatic rings. The second-order valence-corrected chi connectivity index (χ2v) is 10.1. The van der Waals surface area contributed by atoms with Gasteiger partial charge in [0.25, 0.3) is 0 Å². The van der Waals surface area contributed by atoms with Gasteiger partial charge in [0, 0.05) is 19.5 Å². The summed E-state index contributed by atoms with van der Waals surface area (Å²) in [7, 11) is -3.44. The van der Waals surface area contributed by atoms with Crippen molar-refractivity contribution < 1.29 is 27.4 Å². The molecule has 0 saturated carbocycles. The smallest absolute Gasteiger partial charge is 0.243 e. The molecule has 0 aliphatic carbocycles. The molecule has 0 bridgehead atoms. The van der Waals surface area contributed by atoms with Crippen molar-refractivity contribution in [1.29, 1.82) is 0 Å². The fraction of sp³-hybridized carbons (Fsp3) is 0.458. The van der Waals surface area contributed by atoms with Crippen molar-refractivity contribution in [2.45, 2.75) is 37.0 Å². The van der Waals surface area contributed by atoms with Gasteiger partial charge in [-0.3, -0.25) is 4.79 Å². The van der Waals surface area contributed by atoms with Crippen LogP contribution < -0.4 is 19.5 Å². The molecule has 2 heterocycles. The summed E-state index contributed by atoms with van der Waals surface area (Å²) >= 11 is 0. The van der Waals surface area contributed by atoms with Crippen molar-refractivity contribution in [3.63, 3.8) is 0 Å². The van der Waals surface area contributed by atoms with E-state index in [4.69, 9.17) is 14.2 Å². The summed E-state index contributed by atoms with van der Waals surface area (Å²) in [4.78, 5) is 12.4. The van der Waals surface area contributed by atoms with E-state index in [2.05, 4.69) is 5.32 Å². The number of ether oxygens (including phenoxy) is 3. The van der Waals surface area contributed by atoms with E-state index in [1.807, 2.05) is 18.2 Å². The first-order valence-corrected chi connectivity index (χ1v) is 12.8. The Hall–Kier alpha value is -2.78. The SMILES string of the molecule is O=C(CCc1ccc2c(c1)OCCO2)NCCOc1ccc(S(=O)(=O)N2CCCCC2)cc1. The molecule has 9 heteroatoms. The molecule has 0 spiro atoms. The van der Waals surface area contributed by atoms with Crippen LogP contribution in [0, 0.1) is 0 Å². The molecule has 2 aromatic carbocycles. The second-order valence-electron chi connectivity index (χ2n) is 8.11. The number of benzene rings is 2. The molecular weight excluding hydrogens is 444 g/mol. The van der Waals surface area contributed by atoms with E-state index in [0.717, 1.165) is 36.3 Å². The number of hydrogen-bond donors (Lipinski definition) is 1. The minimum absolute atomic E-state index is 0.0588. The molecule has 2 aliphatic heterocycles. The Kier molecular flexibility index (Phi) is 7.72. The molecule has 0 aromatic heterocycles. The summed E-state index contributed by atoms with van der Waals surface area (Å²) in [5, 5.41) is 2.84. The second kappa shape index (κ2) is 10.9. The fourth-order valence-corrected chi connectivity index (χ4v) is 5.43. The monoisotopic (exact) mass is 474 g/mol. The van der Waals surface area contributed by atoms with Crippen LogP contribution in [0.25, 0.3) is 0 Å². The lowest BCUT2D eigenvalue weighted by Crippen LogP contribution is -2.35.